The Kier molecular flexibility index (Phi) is 5.58. The highest BCUT2D eigenvalue weighted by Gasteiger charge is 2.23. The summed E-state index contributed by atoms with van der Waals surface area (Å²) < 4.78 is 22.9. The fraction of sp³-hybridized carbons (Fsp3) is 0.562. The first-order valence-corrected chi connectivity index (χ1v) is 9.50. The van der Waals surface area contributed by atoms with Crippen molar-refractivity contribution in [3.05, 3.63) is 29.8 Å². The molecule has 1 aromatic rings. The lowest BCUT2D eigenvalue weighted by atomic mass is 9.97. The lowest BCUT2D eigenvalue weighted by molar-refractivity contribution is -0.137. The van der Waals surface area contributed by atoms with Gasteiger partial charge in [0.05, 0.1) is 4.90 Å². The van der Waals surface area contributed by atoms with Crippen molar-refractivity contribution in [2.75, 3.05) is 12.8 Å². The van der Waals surface area contributed by atoms with Gasteiger partial charge in [0.15, 0.2) is 9.84 Å². The van der Waals surface area contributed by atoms with Gasteiger partial charge in [-0.1, -0.05) is 18.6 Å². The first kappa shape index (κ1) is 17.0. The topological polar surface area (TPSA) is 74.7 Å². The van der Waals surface area contributed by atoms with Crippen LogP contribution in [0.5, 0.6) is 0 Å². The summed E-state index contributed by atoms with van der Waals surface area (Å²) in [5.74, 6) is -0.747. The van der Waals surface area contributed by atoms with Crippen LogP contribution >= 0.6 is 0 Å². The molecular formula is C16H23NO4S. The van der Waals surface area contributed by atoms with Crippen molar-refractivity contribution in [3.8, 4) is 0 Å². The Bertz CT molecular complexity index is 610. The van der Waals surface area contributed by atoms with Crippen LogP contribution in [-0.2, 0) is 21.2 Å². The van der Waals surface area contributed by atoms with E-state index in [1.807, 2.05) is 12.1 Å². The Hall–Kier alpha value is -1.40. The molecule has 0 amide bonds. The zero-order valence-corrected chi connectivity index (χ0v) is 13.7. The molecule has 1 heterocycles. The molecule has 1 aromatic carbocycles. The van der Waals surface area contributed by atoms with E-state index in [1.54, 1.807) is 12.1 Å². The predicted molar refractivity (Wildman–Crippen MR) is 84.5 cm³/mol. The lowest BCUT2D eigenvalue weighted by Crippen LogP contribution is -2.39. The second kappa shape index (κ2) is 7.24. The van der Waals surface area contributed by atoms with Gasteiger partial charge in [-0.15, -0.1) is 0 Å². The molecule has 6 heteroatoms. The van der Waals surface area contributed by atoms with Crippen LogP contribution in [0, 0.1) is 0 Å². The third-order valence-electron chi connectivity index (χ3n) is 4.18. The Balaban J connectivity index is 2.02. The first-order valence-electron chi connectivity index (χ1n) is 7.61. The molecule has 0 unspecified atom stereocenters. The van der Waals surface area contributed by atoms with Gasteiger partial charge in [-0.25, -0.2) is 8.42 Å². The number of aliphatic carboxylic acids is 1. The molecule has 122 valence electrons. The molecule has 1 fully saturated rings. The number of hydrogen-bond donors (Lipinski definition) is 1. The molecule has 0 aromatic heterocycles. The molecule has 0 radical (unpaired) electrons. The summed E-state index contributed by atoms with van der Waals surface area (Å²) in [7, 11) is -3.16. The molecule has 0 bridgehead atoms. The minimum absolute atomic E-state index is 0.203. The summed E-state index contributed by atoms with van der Waals surface area (Å²) >= 11 is 0. The van der Waals surface area contributed by atoms with E-state index in [9.17, 15) is 13.2 Å². The van der Waals surface area contributed by atoms with Crippen LogP contribution in [0.2, 0.25) is 0 Å². The first-order chi connectivity index (χ1) is 10.4. The zero-order valence-electron chi connectivity index (χ0n) is 12.9. The number of nitrogens with zero attached hydrogens (tertiary/aromatic N) is 1. The third-order valence-corrected chi connectivity index (χ3v) is 5.31. The quantitative estimate of drug-likeness (QED) is 0.869. The number of carbonyl (C=O) groups is 1. The Morgan fingerprint density at radius 3 is 2.55 bits per heavy atom. The monoisotopic (exact) mass is 325 g/mol. The summed E-state index contributed by atoms with van der Waals surface area (Å²) in [4.78, 5) is 13.4. The number of piperidine rings is 1. The molecule has 5 nitrogen and oxygen atoms in total. The zero-order chi connectivity index (χ0) is 16.2. The number of sulfone groups is 1. The van der Waals surface area contributed by atoms with E-state index < -0.39 is 15.8 Å². The molecule has 0 saturated carbocycles. The van der Waals surface area contributed by atoms with Gasteiger partial charge in [0.2, 0.25) is 0 Å². The van der Waals surface area contributed by atoms with E-state index in [0.29, 0.717) is 17.4 Å². The fourth-order valence-corrected chi connectivity index (χ4v) is 3.59. The third kappa shape index (κ3) is 4.81. The largest absolute Gasteiger partial charge is 0.481 e. The molecule has 1 N–H and O–H groups in total. The summed E-state index contributed by atoms with van der Waals surface area (Å²) in [5, 5.41) is 8.85. The highest BCUT2D eigenvalue weighted by Crippen LogP contribution is 2.23. The Morgan fingerprint density at radius 2 is 1.95 bits per heavy atom. The van der Waals surface area contributed by atoms with E-state index >= 15 is 0 Å². The lowest BCUT2D eigenvalue weighted by Gasteiger charge is -2.35. The SMILES string of the molecule is CS(=O)(=O)c1ccc(CN2CCCC[C@H]2CCC(=O)O)cc1. The maximum absolute atomic E-state index is 11.5. The van der Waals surface area contributed by atoms with E-state index in [0.717, 1.165) is 37.9 Å². The van der Waals surface area contributed by atoms with Gasteiger partial charge in [-0.05, 0) is 43.5 Å². The average molecular weight is 325 g/mol. The van der Waals surface area contributed by atoms with Crippen LogP contribution in [-0.4, -0.2) is 43.2 Å². The summed E-state index contributed by atoms with van der Waals surface area (Å²) in [6.07, 6.45) is 5.40. The maximum Gasteiger partial charge on any atom is 0.303 e. The van der Waals surface area contributed by atoms with Crippen molar-refractivity contribution in [1.82, 2.24) is 4.90 Å². The summed E-state index contributed by atoms with van der Waals surface area (Å²) in [5.41, 5.74) is 1.06. The number of carboxylic acid groups (broad SMARTS) is 1. The summed E-state index contributed by atoms with van der Waals surface area (Å²) in [6, 6.07) is 7.28. The summed E-state index contributed by atoms with van der Waals surface area (Å²) in [6.45, 7) is 1.71. The molecule has 1 aliphatic heterocycles. The van der Waals surface area contributed by atoms with Gasteiger partial charge < -0.3 is 5.11 Å². The highest BCUT2D eigenvalue weighted by atomic mass is 32.2. The van der Waals surface area contributed by atoms with Gasteiger partial charge in [-0.3, -0.25) is 9.69 Å². The maximum atomic E-state index is 11.5. The van der Waals surface area contributed by atoms with Crippen LogP contribution in [0.1, 0.15) is 37.7 Å². The van der Waals surface area contributed by atoms with Gasteiger partial charge in [0.1, 0.15) is 0 Å². The fourth-order valence-electron chi connectivity index (χ4n) is 2.96. The Labute approximate surface area is 131 Å². The standard InChI is InChI=1S/C16H23NO4S/c1-22(20,21)15-8-5-13(6-9-15)12-17-11-3-2-4-14(17)7-10-16(18)19/h5-6,8-9,14H,2-4,7,10-12H2,1H3,(H,18,19)/t14-/m0/s1. The smallest absolute Gasteiger partial charge is 0.303 e. The second-order valence-electron chi connectivity index (χ2n) is 5.97. The predicted octanol–water partition coefficient (Wildman–Crippen LogP) is 2.31. The van der Waals surface area contributed by atoms with Crippen LogP contribution < -0.4 is 0 Å². The van der Waals surface area contributed by atoms with Crippen molar-refractivity contribution in [2.24, 2.45) is 0 Å². The van der Waals surface area contributed by atoms with Crippen molar-refractivity contribution >= 4 is 15.8 Å². The number of benzene rings is 1. The molecule has 2 rings (SSSR count). The number of rotatable bonds is 6. The van der Waals surface area contributed by atoms with Crippen LogP contribution in [0.3, 0.4) is 0 Å². The van der Waals surface area contributed by atoms with Gasteiger partial charge in [0, 0.05) is 25.3 Å². The van der Waals surface area contributed by atoms with Crippen LogP contribution in [0.25, 0.3) is 0 Å². The molecular weight excluding hydrogens is 302 g/mol. The van der Waals surface area contributed by atoms with E-state index in [-0.39, 0.29) is 6.42 Å². The second-order valence-corrected chi connectivity index (χ2v) is 7.98. The van der Waals surface area contributed by atoms with E-state index in [4.69, 9.17) is 5.11 Å². The average Bonchev–Trinajstić information content (AvgIpc) is 2.46. The molecule has 0 aliphatic carbocycles. The van der Waals surface area contributed by atoms with Crippen molar-refractivity contribution in [1.29, 1.82) is 0 Å². The van der Waals surface area contributed by atoms with Gasteiger partial charge >= 0.3 is 5.97 Å². The van der Waals surface area contributed by atoms with Gasteiger partial charge in [-0.2, -0.15) is 0 Å². The minimum atomic E-state index is -3.16. The van der Waals surface area contributed by atoms with Crippen LogP contribution in [0.15, 0.2) is 29.2 Å². The van der Waals surface area contributed by atoms with Crippen LogP contribution in [0.4, 0.5) is 0 Å². The molecule has 1 aliphatic rings. The molecule has 22 heavy (non-hydrogen) atoms. The molecule has 0 spiro atoms. The molecule has 1 saturated heterocycles. The van der Waals surface area contributed by atoms with Crippen molar-refractivity contribution in [2.45, 2.75) is 49.6 Å². The van der Waals surface area contributed by atoms with Gasteiger partial charge in [0.25, 0.3) is 0 Å². The Morgan fingerprint density at radius 1 is 1.27 bits per heavy atom. The normalized spacial score (nSPS) is 20.0. The minimum Gasteiger partial charge on any atom is -0.481 e. The van der Waals surface area contributed by atoms with Crippen molar-refractivity contribution in [3.63, 3.8) is 0 Å². The molecule has 1 atom stereocenters. The van der Waals surface area contributed by atoms with E-state index in [2.05, 4.69) is 4.90 Å². The highest BCUT2D eigenvalue weighted by molar-refractivity contribution is 7.90. The number of likely N-dealkylation sites (tertiary alicyclic amines) is 1. The van der Waals surface area contributed by atoms with Crippen molar-refractivity contribution < 1.29 is 18.3 Å². The number of hydrogen-bond acceptors (Lipinski definition) is 4. The van der Waals surface area contributed by atoms with E-state index in [1.165, 1.54) is 6.26 Å². The number of carboxylic acids is 1.